The van der Waals surface area contributed by atoms with Gasteiger partial charge in [-0.2, -0.15) is 18.2 Å². The standard InChI is InChI=1S/C8H10F3N3O/c9-8(10,11)7-13-6(15-14-7)4-12-3-5-1-2-5/h5,12H,1-4H2. The minimum Gasteiger partial charge on any atom is -0.338 e. The van der Waals surface area contributed by atoms with Crippen LogP contribution in [-0.4, -0.2) is 16.7 Å². The quantitative estimate of drug-likeness (QED) is 0.838. The van der Waals surface area contributed by atoms with Gasteiger partial charge in [-0.3, -0.25) is 0 Å². The maximum atomic E-state index is 12.1. The summed E-state index contributed by atoms with van der Waals surface area (Å²) in [6.45, 7) is 0.989. The van der Waals surface area contributed by atoms with Crippen molar-refractivity contribution in [1.29, 1.82) is 0 Å². The SMILES string of the molecule is FC(F)(F)c1noc(CNCC2CC2)n1. The second kappa shape index (κ2) is 3.80. The van der Waals surface area contributed by atoms with E-state index in [1.165, 1.54) is 12.8 Å². The first-order valence-electron chi connectivity index (χ1n) is 4.66. The van der Waals surface area contributed by atoms with E-state index in [2.05, 4.69) is 20.0 Å². The van der Waals surface area contributed by atoms with Crippen LogP contribution in [0, 0.1) is 5.92 Å². The lowest BCUT2D eigenvalue weighted by atomic mass is 10.4. The van der Waals surface area contributed by atoms with Crippen LogP contribution in [0.3, 0.4) is 0 Å². The summed E-state index contributed by atoms with van der Waals surface area (Å²) in [5.74, 6) is -0.580. The van der Waals surface area contributed by atoms with Crippen molar-refractivity contribution in [3.05, 3.63) is 11.7 Å². The first kappa shape index (κ1) is 10.4. The Balaban J connectivity index is 1.83. The van der Waals surface area contributed by atoms with E-state index >= 15 is 0 Å². The second-order valence-electron chi connectivity index (χ2n) is 3.58. The molecule has 7 heteroatoms. The number of halogens is 3. The Morgan fingerprint density at radius 1 is 1.40 bits per heavy atom. The van der Waals surface area contributed by atoms with Crippen LogP contribution in [0.25, 0.3) is 0 Å². The molecule has 4 nitrogen and oxygen atoms in total. The minimum atomic E-state index is -4.53. The van der Waals surface area contributed by atoms with Crippen LogP contribution >= 0.6 is 0 Å². The summed E-state index contributed by atoms with van der Waals surface area (Å²) < 4.78 is 40.6. The van der Waals surface area contributed by atoms with Crippen molar-refractivity contribution in [2.75, 3.05) is 6.54 Å². The molecule has 0 radical (unpaired) electrons. The molecule has 1 aromatic rings. The van der Waals surface area contributed by atoms with E-state index in [1.807, 2.05) is 0 Å². The van der Waals surface area contributed by atoms with Gasteiger partial charge >= 0.3 is 6.18 Å². The smallest absolute Gasteiger partial charge is 0.338 e. The van der Waals surface area contributed by atoms with Gasteiger partial charge in [0.25, 0.3) is 5.82 Å². The van der Waals surface area contributed by atoms with Gasteiger partial charge in [0, 0.05) is 0 Å². The van der Waals surface area contributed by atoms with E-state index in [0.717, 1.165) is 6.54 Å². The molecule has 84 valence electrons. The Hall–Kier alpha value is -1.11. The van der Waals surface area contributed by atoms with Gasteiger partial charge in [0.15, 0.2) is 0 Å². The molecule has 1 heterocycles. The monoisotopic (exact) mass is 221 g/mol. The van der Waals surface area contributed by atoms with Gasteiger partial charge in [-0.15, -0.1) is 0 Å². The average molecular weight is 221 g/mol. The molecule has 0 atom stereocenters. The lowest BCUT2D eigenvalue weighted by Crippen LogP contribution is -2.16. The molecule has 1 N–H and O–H groups in total. The number of nitrogens with one attached hydrogen (secondary N) is 1. The van der Waals surface area contributed by atoms with Crippen LogP contribution in [0.15, 0.2) is 4.52 Å². The van der Waals surface area contributed by atoms with Crippen molar-refractivity contribution in [3.8, 4) is 0 Å². The highest BCUT2D eigenvalue weighted by Gasteiger charge is 2.37. The van der Waals surface area contributed by atoms with E-state index < -0.39 is 12.0 Å². The lowest BCUT2D eigenvalue weighted by molar-refractivity contribution is -0.146. The molecule has 0 unspecified atom stereocenters. The van der Waals surface area contributed by atoms with Crippen LogP contribution in [0.5, 0.6) is 0 Å². The predicted molar refractivity (Wildman–Crippen MR) is 43.7 cm³/mol. The first-order valence-corrected chi connectivity index (χ1v) is 4.66. The summed E-state index contributed by atoms with van der Waals surface area (Å²) in [5, 5.41) is 5.81. The Morgan fingerprint density at radius 3 is 2.67 bits per heavy atom. The summed E-state index contributed by atoms with van der Waals surface area (Å²) in [4.78, 5) is 3.23. The van der Waals surface area contributed by atoms with Crippen molar-refractivity contribution >= 4 is 0 Å². The zero-order valence-electron chi connectivity index (χ0n) is 7.84. The fourth-order valence-electron chi connectivity index (χ4n) is 1.15. The summed E-state index contributed by atoms with van der Waals surface area (Å²) in [5.41, 5.74) is 0. The van der Waals surface area contributed by atoms with Crippen LogP contribution in [0.4, 0.5) is 13.2 Å². The molecule has 1 saturated carbocycles. The fraction of sp³-hybridized carbons (Fsp3) is 0.750. The van der Waals surface area contributed by atoms with Gasteiger partial charge in [-0.05, 0) is 25.3 Å². The van der Waals surface area contributed by atoms with Crippen LogP contribution in [0.2, 0.25) is 0 Å². The number of hydrogen-bond acceptors (Lipinski definition) is 4. The van der Waals surface area contributed by atoms with E-state index in [0.29, 0.717) is 5.92 Å². The molecule has 1 aromatic heterocycles. The predicted octanol–water partition coefficient (Wildman–Crippen LogP) is 1.59. The van der Waals surface area contributed by atoms with E-state index in [1.54, 1.807) is 0 Å². The highest BCUT2D eigenvalue weighted by atomic mass is 19.4. The molecule has 1 aliphatic rings. The van der Waals surface area contributed by atoms with E-state index in [4.69, 9.17) is 0 Å². The summed E-state index contributed by atoms with van der Waals surface area (Å²) >= 11 is 0. The van der Waals surface area contributed by atoms with Crippen molar-refractivity contribution in [2.45, 2.75) is 25.6 Å². The number of nitrogens with zero attached hydrogens (tertiary/aromatic N) is 2. The molecule has 0 spiro atoms. The molecule has 2 rings (SSSR count). The molecule has 0 amide bonds. The molecule has 0 aromatic carbocycles. The summed E-state index contributed by atoms with van der Waals surface area (Å²) in [6, 6.07) is 0. The zero-order chi connectivity index (χ0) is 10.9. The Morgan fingerprint density at radius 2 is 2.13 bits per heavy atom. The van der Waals surface area contributed by atoms with Crippen molar-refractivity contribution in [1.82, 2.24) is 15.5 Å². The zero-order valence-corrected chi connectivity index (χ0v) is 7.84. The first-order chi connectivity index (χ1) is 7.05. The third-order valence-electron chi connectivity index (χ3n) is 2.13. The van der Waals surface area contributed by atoms with Crippen LogP contribution in [-0.2, 0) is 12.7 Å². The molecule has 1 fully saturated rings. The summed E-state index contributed by atoms with van der Waals surface area (Å²) in [7, 11) is 0. The van der Waals surface area contributed by atoms with Gasteiger partial charge in [-0.1, -0.05) is 5.16 Å². The molecular formula is C8H10F3N3O. The number of alkyl halides is 3. The molecule has 0 bridgehead atoms. The molecule has 0 saturated heterocycles. The highest BCUT2D eigenvalue weighted by molar-refractivity contribution is 4.90. The number of aromatic nitrogens is 2. The molecule has 0 aliphatic heterocycles. The average Bonchev–Trinajstić information content (AvgIpc) is 2.80. The van der Waals surface area contributed by atoms with Gasteiger partial charge in [0.05, 0.1) is 6.54 Å². The number of hydrogen-bond donors (Lipinski definition) is 1. The summed E-state index contributed by atoms with van der Waals surface area (Å²) in [6.07, 6.45) is -2.16. The number of rotatable bonds is 4. The minimum absolute atomic E-state index is 0.0250. The van der Waals surface area contributed by atoms with Gasteiger partial charge in [-0.25, -0.2) is 0 Å². The molecule has 1 aliphatic carbocycles. The third-order valence-corrected chi connectivity index (χ3v) is 2.13. The van der Waals surface area contributed by atoms with Gasteiger partial charge < -0.3 is 9.84 Å². The maximum Gasteiger partial charge on any atom is 0.455 e. The van der Waals surface area contributed by atoms with E-state index in [9.17, 15) is 13.2 Å². The van der Waals surface area contributed by atoms with Crippen molar-refractivity contribution < 1.29 is 17.7 Å². The lowest BCUT2D eigenvalue weighted by Gasteiger charge is -1.98. The van der Waals surface area contributed by atoms with E-state index in [-0.39, 0.29) is 12.4 Å². The van der Waals surface area contributed by atoms with Crippen molar-refractivity contribution in [3.63, 3.8) is 0 Å². The maximum absolute atomic E-state index is 12.1. The Labute approximate surface area is 83.8 Å². The van der Waals surface area contributed by atoms with Gasteiger partial charge in [0.1, 0.15) is 0 Å². The molecule has 15 heavy (non-hydrogen) atoms. The largest absolute Gasteiger partial charge is 0.455 e. The van der Waals surface area contributed by atoms with Gasteiger partial charge in [0.2, 0.25) is 5.89 Å². The second-order valence-corrected chi connectivity index (χ2v) is 3.58. The Kier molecular flexibility index (Phi) is 2.64. The van der Waals surface area contributed by atoms with Crippen molar-refractivity contribution in [2.24, 2.45) is 5.92 Å². The van der Waals surface area contributed by atoms with Crippen LogP contribution in [0.1, 0.15) is 24.6 Å². The fourth-order valence-corrected chi connectivity index (χ4v) is 1.15. The topological polar surface area (TPSA) is 51.0 Å². The van der Waals surface area contributed by atoms with Crippen LogP contribution < -0.4 is 5.32 Å². The normalized spacial score (nSPS) is 17.0. The highest BCUT2D eigenvalue weighted by Crippen LogP contribution is 2.28. The molecular weight excluding hydrogens is 211 g/mol. The third kappa shape index (κ3) is 2.92. The Bertz CT molecular complexity index is 332.